The zero-order valence-corrected chi connectivity index (χ0v) is 16.2. The van der Waals surface area contributed by atoms with Gasteiger partial charge in [-0.2, -0.15) is 4.31 Å². The molecule has 0 radical (unpaired) electrons. The van der Waals surface area contributed by atoms with Crippen LogP contribution in [0.5, 0.6) is 11.5 Å². The van der Waals surface area contributed by atoms with Crippen molar-refractivity contribution >= 4 is 27.5 Å². The maximum Gasteiger partial charge on any atom is 0.257 e. The van der Waals surface area contributed by atoms with E-state index in [4.69, 9.17) is 16.3 Å². The second-order valence-electron chi connectivity index (χ2n) is 6.03. The topological polar surface area (TPSA) is 87.2 Å². The molecule has 0 spiro atoms. The smallest absolute Gasteiger partial charge is 0.257 e. The number of benzene rings is 2. The highest BCUT2D eigenvalue weighted by molar-refractivity contribution is 7.89. The number of halogens is 1. The summed E-state index contributed by atoms with van der Waals surface area (Å²) < 4.78 is 31.7. The van der Waals surface area contributed by atoms with Crippen LogP contribution in [0, 0.1) is 0 Å². The first kappa shape index (κ1) is 19.5. The molecule has 1 heterocycles. The zero-order valence-electron chi connectivity index (χ0n) is 14.6. The molecule has 1 saturated heterocycles. The third kappa shape index (κ3) is 4.02. The van der Waals surface area contributed by atoms with Crippen LogP contribution in [0.3, 0.4) is 0 Å². The fraction of sp³-hybridized carbons (Fsp3) is 0.278. The van der Waals surface area contributed by atoms with Gasteiger partial charge in [0.2, 0.25) is 10.0 Å². The minimum Gasteiger partial charge on any atom is -0.507 e. The number of sulfonamides is 1. The minimum atomic E-state index is -3.64. The van der Waals surface area contributed by atoms with Gasteiger partial charge in [0, 0.05) is 37.3 Å². The Morgan fingerprint density at radius 2 is 1.70 bits per heavy atom. The van der Waals surface area contributed by atoms with Crippen LogP contribution in [0.2, 0.25) is 5.02 Å². The monoisotopic (exact) mass is 410 g/mol. The third-order valence-corrected chi connectivity index (χ3v) is 6.58. The number of nitrogens with zero attached hydrogens (tertiary/aromatic N) is 2. The van der Waals surface area contributed by atoms with Crippen LogP contribution in [0.1, 0.15) is 10.4 Å². The fourth-order valence-electron chi connectivity index (χ4n) is 2.88. The van der Waals surface area contributed by atoms with E-state index < -0.39 is 10.0 Å². The van der Waals surface area contributed by atoms with E-state index in [0.717, 1.165) is 0 Å². The average molecular weight is 411 g/mol. The number of aromatic hydroxyl groups is 1. The summed E-state index contributed by atoms with van der Waals surface area (Å²) in [6, 6.07) is 10.4. The average Bonchev–Trinajstić information content (AvgIpc) is 2.67. The van der Waals surface area contributed by atoms with Gasteiger partial charge in [-0.1, -0.05) is 11.6 Å². The Morgan fingerprint density at radius 3 is 2.26 bits per heavy atom. The van der Waals surface area contributed by atoms with Crippen molar-refractivity contribution in [2.24, 2.45) is 0 Å². The largest absolute Gasteiger partial charge is 0.507 e. The lowest BCUT2D eigenvalue weighted by Crippen LogP contribution is -2.50. The summed E-state index contributed by atoms with van der Waals surface area (Å²) >= 11 is 5.81. The van der Waals surface area contributed by atoms with E-state index >= 15 is 0 Å². The van der Waals surface area contributed by atoms with Crippen molar-refractivity contribution in [2.75, 3.05) is 33.3 Å². The number of piperazine rings is 1. The van der Waals surface area contributed by atoms with Gasteiger partial charge in [-0.25, -0.2) is 8.42 Å². The van der Waals surface area contributed by atoms with E-state index in [1.807, 2.05) is 0 Å². The summed E-state index contributed by atoms with van der Waals surface area (Å²) in [4.78, 5) is 14.3. The molecule has 1 aliphatic rings. The number of carbonyl (C=O) groups excluding carboxylic acids is 1. The summed E-state index contributed by atoms with van der Waals surface area (Å²) in [5.74, 6) is -0.0720. The van der Waals surface area contributed by atoms with Crippen LogP contribution in [0.4, 0.5) is 0 Å². The highest BCUT2D eigenvalue weighted by Crippen LogP contribution is 2.26. The quantitative estimate of drug-likeness (QED) is 0.834. The maximum atomic E-state index is 12.7. The fourth-order valence-corrected chi connectivity index (χ4v) is 4.42. The molecule has 0 bridgehead atoms. The Hall–Kier alpha value is -2.29. The van der Waals surface area contributed by atoms with E-state index in [1.165, 1.54) is 52.7 Å². The van der Waals surface area contributed by atoms with Crippen molar-refractivity contribution in [1.82, 2.24) is 9.21 Å². The van der Waals surface area contributed by atoms with Crippen LogP contribution in [-0.4, -0.2) is 61.9 Å². The zero-order chi connectivity index (χ0) is 19.6. The van der Waals surface area contributed by atoms with Gasteiger partial charge in [-0.15, -0.1) is 0 Å². The molecule has 144 valence electrons. The molecule has 2 aromatic rings. The highest BCUT2D eigenvalue weighted by Gasteiger charge is 2.31. The highest BCUT2D eigenvalue weighted by atomic mass is 35.5. The van der Waals surface area contributed by atoms with Crippen LogP contribution in [-0.2, 0) is 10.0 Å². The van der Waals surface area contributed by atoms with Crippen molar-refractivity contribution in [3.8, 4) is 11.5 Å². The van der Waals surface area contributed by atoms with Gasteiger partial charge >= 0.3 is 0 Å². The van der Waals surface area contributed by atoms with Crippen LogP contribution < -0.4 is 4.74 Å². The molecule has 27 heavy (non-hydrogen) atoms. The Labute approximate surface area is 162 Å². The summed E-state index contributed by atoms with van der Waals surface area (Å²) in [5.41, 5.74) is 0.157. The van der Waals surface area contributed by atoms with E-state index in [0.29, 0.717) is 10.8 Å². The molecule has 0 aromatic heterocycles. The Balaban J connectivity index is 1.69. The summed E-state index contributed by atoms with van der Waals surface area (Å²) in [5, 5.41) is 10.5. The standard InChI is InChI=1S/C18H19ClN2O5S/c1-26-14-4-7-16(17(22)12-14)18(23)20-8-10-21(11-9-20)27(24,25)15-5-2-13(19)3-6-15/h2-7,12,22H,8-11H2,1H3. The van der Waals surface area contributed by atoms with E-state index in [-0.39, 0.29) is 48.3 Å². The first-order valence-electron chi connectivity index (χ1n) is 8.25. The Kier molecular flexibility index (Phi) is 5.59. The summed E-state index contributed by atoms with van der Waals surface area (Å²) in [7, 11) is -2.17. The Bertz CT molecular complexity index is 939. The molecule has 3 rings (SSSR count). The predicted molar refractivity (Wildman–Crippen MR) is 101 cm³/mol. The maximum absolute atomic E-state index is 12.7. The van der Waals surface area contributed by atoms with Crippen molar-refractivity contribution < 1.29 is 23.1 Å². The second-order valence-corrected chi connectivity index (χ2v) is 8.41. The minimum absolute atomic E-state index is 0.157. The van der Waals surface area contributed by atoms with Gasteiger partial charge in [0.25, 0.3) is 5.91 Å². The lowest BCUT2D eigenvalue weighted by Gasteiger charge is -2.34. The molecular weight excluding hydrogens is 392 g/mol. The lowest BCUT2D eigenvalue weighted by atomic mass is 10.1. The van der Waals surface area contributed by atoms with Gasteiger partial charge in [-0.3, -0.25) is 4.79 Å². The SMILES string of the molecule is COc1ccc(C(=O)N2CCN(S(=O)(=O)c3ccc(Cl)cc3)CC2)c(O)c1. The molecule has 1 N–H and O–H groups in total. The lowest BCUT2D eigenvalue weighted by molar-refractivity contribution is 0.0695. The van der Waals surface area contributed by atoms with Crippen molar-refractivity contribution in [2.45, 2.75) is 4.90 Å². The van der Waals surface area contributed by atoms with Gasteiger partial charge in [0.05, 0.1) is 17.6 Å². The molecule has 0 saturated carbocycles. The molecule has 7 nitrogen and oxygen atoms in total. The van der Waals surface area contributed by atoms with Gasteiger partial charge in [0.1, 0.15) is 11.5 Å². The van der Waals surface area contributed by atoms with Crippen LogP contribution in [0.15, 0.2) is 47.4 Å². The molecular formula is C18H19ClN2O5S. The number of hydrogen-bond acceptors (Lipinski definition) is 5. The number of amides is 1. The second kappa shape index (κ2) is 7.75. The first-order chi connectivity index (χ1) is 12.8. The molecule has 1 fully saturated rings. The van der Waals surface area contributed by atoms with Crippen molar-refractivity contribution in [3.05, 3.63) is 53.1 Å². The number of ether oxygens (including phenoxy) is 1. The van der Waals surface area contributed by atoms with Gasteiger partial charge in [-0.05, 0) is 36.4 Å². The molecule has 1 aliphatic heterocycles. The molecule has 1 amide bonds. The van der Waals surface area contributed by atoms with Gasteiger partial charge in [0.15, 0.2) is 0 Å². The predicted octanol–water partition coefficient (Wildman–Crippen LogP) is 2.20. The number of rotatable bonds is 4. The van der Waals surface area contributed by atoms with E-state index in [9.17, 15) is 18.3 Å². The Morgan fingerprint density at radius 1 is 1.07 bits per heavy atom. The number of methoxy groups -OCH3 is 1. The summed E-state index contributed by atoms with van der Waals surface area (Å²) in [6.07, 6.45) is 0. The first-order valence-corrected chi connectivity index (χ1v) is 10.1. The molecule has 0 atom stereocenters. The number of carbonyl (C=O) groups is 1. The van der Waals surface area contributed by atoms with Gasteiger partial charge < -0.3 is 14.7 Å². The third-order valence-electron chi connectivity index (χ3n) is 4.41. The molecule has 9 heteroatoms. The number of phenols is 1. The number of phenolic OH excluding ortho intramolecular Hbond substituents is 1. The molecule has 0 unspecified atom stereocenters. The molecule has 0 aliphatic carbocycles. The van der Waals surface area contributed by atoms with E-state index in [1.54, 1.807) is 6.07 Å². The van der Waals surface area contributed by atoms with Crippen molar-refractivity contribution in [1.29, 1.82) is 0 Å². The van der Waals surface area contributed by atoms with E-state index in [2.05, 4.69) is 0 Å². The van der Waals surface area contributed by atoms with Crippen molar-refractivity contribution in [3.63, 3.8) is 0 Å². The summed E-state index contributed by atoms with van der Waals surface area (Å²) in [6.45, 7) is 0.815. The number of hydrogen-bond donors (Lipinski definition) is 1. The van der Waals surface area contributed by atoms with Crippen LogP contribution in [0.25, 0.3) is 0 Å². The van der Waals surface area contributed by atoms with Crippen LogP contribution >= 0.6 is 11.6 Å². The normalized spacial score (nSPS) is 15.6. The molecule has 2 aromatic carbocycles.